The molecule has 1 unspecified atom stereocenters. The van der Waals surface area contributed by atoms with Crippen LogP contribution < -0.4 is 20.3 Å². The van der Waals surface area contributed by atoms with Crippen LogP contribution >= 0.6 is 0 Å². The van der Waals surface area contributed by atoms with Crippen molar-refractivity contribution in [1.29, 1.82) is 0 Å². The number of benzene rings is 1. The van der Waals surface area contributed by atoms with Gasteiger partial charge in [0.25, 0.3) is 0 Å². The molecular formula is C25H31F2N7O2. The van der Waals surface area contributed by atoms with Crippen molar-refractivity contribution in [2.45, 2.75) is 44.6 Å². The number of nitrogens with zero attached hydrogens (tertiary/aromatic N) is 6. The zero-order valence-electron chi connectivity index (χ0n) is 20.5. The number of hydrogen-bond donors (Lipinski definition) is 1. The van der Waals surface area contributed by atoms with Crippen molar-refractivity contribution in [2.75, 3.05) is 42.6 Å². The second-order valence-electron chi connectivity index (χ2n) is 9.90. The molecule has 2 aliphatic rings. The van der Waals surface area contributed by atoms with Gasteiger partial charge in [-0.05, 0) is 42.5 Å². The maximum atomic E-state index is 14.3. The van der Waals surface area contributed by atoms with Crippen molar-refractivity contribution in [3.63, 3.8) is 0 Å². The lowest BCUT2D eigenvalue weighted by atomic mass is 9.94. The summed E-state index contributed by atoms with van der Waals surface area (Å²) in [6, 6.07) is 4.06. The molecule has 5 rings (SSSR count). The second-order valence-corrected chi connectivity index (χ2v) is 9.90. The second kappa shape index (κ2) is 10.3. The summed E-state index contributed by atoms with van der Waals surface area (Å²) in [6.07, 6.45) is 5.26. The predicted molar refractivity (Wildman–Crippen MR) is 130 cm³/mol. The van der Waals surface area contributed by atoms with E-state index in [0.29, 0.717) is 43.2 Å². The van der Waals surface area contributed by atoms with Gasteiger partial charge in [0.1, 0.15) is 11.6 Å². The fourth-order valence-corrected chi connectivity index (χ4v) is 4.79. The Bertz CT molecular complexity index is 1170. The van der Waals surface area contributed by atoms with Crippen LogP contribution in [0.3, 0.4) is 0 Å². The van der Waals surface area contributed by atoms with Gasteiger partial charge in [0.2, 0.25) is 0 Å². The highest BCUT2D eigenvalue weighted by Gasteiger charge is 2.34. The van der Waals surface area contributed by atoms with Crippen molar-refractivity contribution in [3.05, 3.63) is 53.6 Å². The van der Waals surface area contributed by atoms with Crippen LogP contribution in [-0.2, 0) is 0 Å². The van der Waals surface area contributed by atoms with Crippen molar-refractivity contribution in [2.24, 2.45) is 11.7 Å². The van der Waals surface area contributed by atoms with Gasteiger partial charge in [0, 0.05) is 44.1 Å². The molecule has 0 spiro atoms. The van der Waals surface area contributed by atoms with Crippen LogP contribution in [0.4, 0.5) is 20.5 Å². The van der Waals surface area contributed by atoms with E-state index in [1.165, 1.54) is 6.07 Å². The first-order valence-electron chi connectivity index (χ1n) is 12.4. The van der Waals surface area contributed by atoms with E-state index in [9.17, 15) is 8.78 Å². The molecular weight excluding hydrogens is 468 g/mol. The van der Waals surface area contributed by atoms with Gasteiger partial charge in [0.15, 0.2) is 5.82 Å². The third-order valence-electron chi connectivity index (χ3n) is 6.98. The van der Waals surface area contributed by atoms with Crippen LogP contribution in [0.5, 0.6) is 6.01 Å². The van der Waals surface area contributed by atoms with Crippen molar-refractivity contribution in [3.8, 4) is 6.01 Å². The molecule has 3 aromatic rings. The van der Waals surface area contributed by atoms with E-state index >= 15 is 0 Å². The zero-order valence-corrected chi connectivity index (χ0v) is 20.5. The number of nitrogens with two attached hydrogens (primary N) is 1. The van der Waals surface area contributed by atoms with Gasteiger partial charge in [-0.3, -0.25) is 0 Å². The van der Waals surface area contributed by atoms with Crippen molar-refractivity contribution < 1.29 is 18.0 Å². The summed E-state index contributed by atoms with van der Waals surface area (Å²) < 4.78 is 39.2. The number of piperidine rings is 1. The summed E-state index contributed by atoms with van der Waals surface area (Å²) in [7, 11) is 0. The first-order valence-corrected chi connectivity index (χ1v) is 12.4. The van der Waals surface area contributed by atoms with E-state index in [-0.39, 0.29) is 17.9 Å². The van der Waals surface area contributed by atoms with Gasteiger partial charge >= 0.3 is 12.0 Å². The fourth-order valence-electron chi connectivity index (χ4n) is 4.79. The normalized spacial score (nSPS) is 20.9. The van der Waals surface area contributed by atoms with Gasteiger partial charge in [-0.15, -0.1) is 0 Å². The summed E-state index contributed by atoms with van der Waals surface area (Å²) >= 11 is 0. The molecule has 1 aromatic carbocycles. The molecule has 4 heterocycles. The Hall–Kier alpha value is -3.34. The van der Waals surface area contributed by atoms with E-state index in [2.05, 4.69) is 25.0 Å². The summed E-state index contributed by atoms with van der Waals surface area (Å²) in [5.74, 6) is 0.120. The number of halogens is 2. The molecule has 0 radical (unpaired) electrons. The van der Waals surface area contributed by atoms with Crippen LogP contribution in [0.2, 0.25) is 0 Å². The van der Waals surface area contributed by atoms with Crippen LogP contribution in [0, 0.1) is 17.6 Å². The average Bonchev–Trinajstić information content (AvgIpc) is 3.52. The number of anilines is 2. The third kappa shape index (κ3) is 5.25. The van der Waals surface area contributed by atoms with E-state index in [1.807, 2.05) is 18.7 Å². The lowest BCUT2D eigenvalue weighted by Crippen LogP contribution is -2.35. The van der Waals surface area contributed by atoms with Crippen LogP contribution in [0.15, 0.2) is 35.1 Å². The molecule has 0 bridgehead atoms. The van der Waals surface area contributed by atoms with E-state index < -0.39 is 11.6 Å². The molecule has 2 fully saturated rings. The fraction of sp³-hybridized carbons (Fsp3) is 0.520. The highest BCUT2D eigenvalue weighted by atomic mass is 19.1. The van der Waals surface area contributed by atoms with E-state index in [0.717, 1.165) is 49.6 Å². The van der Waals surface area contributed by atoms with E-state index in [1.54, 1.807) is 12.4 Å². The Morgan fingerprint density at radius 1 is 1.11 bits per heavy atom. The van der Waals surface area contributed by atoms with Crippen LogP contribution in [-0.4, -0.2) is 58.9 Å². The topological polar surface area (TPSA) is 106 Å². The number of ether oxygens (including phenoxy) is 1. The zero-order chi connectivity index (χ0) is 25.2. The molecule has 11 heteroatoms. The Balaban J connectivity index is 1.11. The minimum Gasteiger partial charge on any atom is -0.463 e. The minimum atomic E-state index is -0.470. The summed E-state index contributed by atoms with van der Waals surface area (Å²) in [5, 5.41) is 4.04. The first kappa shape index (κ1) is 24.4. The summed E-state index contributed by atoms with van der Waals surface area (Å²) in [4.78, 5) is 17.3. The Kier molecular flexibility index (Phi) is 6.99. The SMILES string of the molecule is CC(C)c1noc(N2CCC(COc3ncc(N4CC(N)[C@@H](c5cc(F)ccc5F)C4)cn3)CC2)n1. The number of aromatic nitrogens is 4. The van der Waals surface area contributed by atoms with Gasteiger partial charge in [-0.25, -0.2) is 18.7 Å². The average molecular weight is 500 g/mol. The monoisotopic (exact) mass is 499 g/mol. The molecule has 36 heavy (non-hydrogen) atoms. The molecule has 9 nitrogen and oxygen atoms in total. The molecule has 192 valence electrons. The van der Waals surface area contributed by atoms with Gasteiger partial charge in [-0.2, -0.15) is 4.98 Å². The first-order chi connectivity index (χ1) is 17.4. The maximum Gasteiger partial charge on any atom is 0.324 e. The predicted octanol–water partition coefficient (Wildman–Crippen LogP) is 3.49. The highest BCUT2D eigenvalue weighted by molar-refractivity contribution is 5.46. The Morgan fingerprint density at radius 3 is 2.56 bits per heavy atom. The lowest BCUT2D eigenvalue weighted by molar-refractivity contribution is 0.206. The highest BCUT2D eigenvalue weighted by Crippen LogP contribution is 2.32. The minimum absolute atomic E-state index is 0.236. The standard InChI is InChI=1S/C25H31F2N7O2/c1-15(2)23-31-25(36-32-23)33-7-5-16(6-8-33)14-35-24-29-10-18(11-30-24)34-12-20(22(28)13-34)19-9-17(26)3-4-21(19)27/h3-4,9-11,15-16,20,22H,5-8,12-14,28H2,1-2H3/t20-,22?/m1/s1. The molecule has 2 atom stereocenters. The summed E-state index contributed by atoms with van der Waals surface area (Å²) in [5.41, 5.74) is 7.34. The lowest BCUT2D eigenvalue weighted by Gasteiger charge is -2.30. The number of rotatable bonds is 7. The van der Waals surface area contributed by atoms with Gasteiger partial charge in [0.05, 0.1) is 24.7 Å². The quantitative estimate of drug-likeness (QED) is 0.523. The third-order valence-corrected chi connectivity index (χ3v) is 6.98. The van der Waals surface area contributed by atoms with Crippen LogP contribution in [0.1, 0.15) is 49.9 Å². The van der Waals surface area contributed by atoms with Gasteiger partial charge < -0.3 is 24.8 Å². The van der Waals surface area contributed by atoms with Crippen molar-refractivity contribution in [1.82, 2.24) is 20.1 Å². The summed E-state index contributed by atoms with van der Waals surface area (Å²) in [6.45, 7) is 7.23. The van der Waals surface area contributed by atoms with Gasteiger partial charge in [-0.1, -0.05) is 19.0 Å². The largest absolute Gasteiger partial charge is 0.463 e. The molecule has 0 saturated carbocycles. The maximum absolute atomic E-state index is 14.3. The number of hydrogen-bond acceptors (Lipinski definition) is 9. The molecule has 0 aliphatic carbocycles. The van der Waals surface area contributed by atoms with E-state index in [4.69, 9.17) is 15.0 Å². The molecule has 0 amide bonds. The molecule has 2 aromatic heterocycles. The molecule has 2 saturated heterocycles. The Morgan fingerprint density at radius 2 is 1.86 bits per heavy atom. The van der Waals surface area contributed by atoms with Crippen molar-refractivity contribution >= 4 is 11.7 Å². The smallest absolute Gasteiger partial charge is 0.324 e. The van der Waals surface area contributed by atoms with Crippen LogP contribution in [0.25, 0.3) is 0 Å². The molecule has 2 N–H and O–H groups in total. The Labute approximate surface area is 208 Å². The molecule has 2 aliphatic heterocycles.